The fourth-order valence-electron chi connectivity index (χ4n) is 4.52. The first-order valence-electron chi connectivity index (χ1n) is 10.7. The van der Waals surface area contributed by atoms with Gasteiger partial charge in [-0.05, 0) is 23.3 Å². The fraction of sp³-hybridized carbons (Fsp3) is 0.115. The van der Waals surface area contributed by atoms with Gasteiger partial charge < -0.3 is 20.9 Å². The lowest BCUT2D eigenvalue weighted by Crippen LogP contribution is -2.42. The third kappa shape index (κ3) is 3.63. The minimum absolute atomic E-state index is 0.195. The summed E-state index contributed by atoms with van der Waals surface area (Å²) in [4.78, 5) is 42.2. The van der Waals surface area contributed by atoms with E-state index < -0.39 is 17.9 Å². The van der Waals surface area contributed by atoms with Crippen molar-refractivity contribution in [2.45, 2.75) is 6.04 Å². The molecule has 1 aliphatic rings. The fourth-order valence-corrected chi connectivity index (χ4v) is 4.52. The van der Waals surface area contributed by atoms with Gasteiger partial charge in [-0.3, -0.25) is 14.4 Å². The molecule has 7 nitrogen and oxygen atoms in total. The predicted molar refractivity (Wildman–Crippen MR) is 125 cm³/mol. The normalized spacial score (nSPS) is 15.0. The highest BCUT2D eigenvalue weighted by molar-refractivity contribution is 6.03. The zero-order valence-electron chi connectivity index (χ0n) is 17.7. The second-order valence-corrected chi connectivity index (χ2v) is 7.99. The van der Waals surface area contributed by atoms with Gasteiger partial charge in [0.05, 0.1) is 18.3 Å². The summed E-state index contributed by atoms with van der Waals surface area (Å²) in [5.74, 6) is -1.31. The molecule has 3 aromatic carbocycles. The molecule has 0 fully saturated rings. The number of nitrogens with one attached hydrogen (secondary N) is 2. The lowest BCUT2D eigenvalue weighted by atomic mass is 9.93. The van der Waals surface area contributed by atoms with Gasteiger partial charge >= 0.3 is 0 Å². The Labute approximate surface area is 190 Å². The second kappa shape index (κ2) is 8.27. The molecule has 2 heterocycles. The number of aromatic nitrogens is 1. The first-order valence-corrected chi connectivity index (χ1v) is 10.7. The Bertz CT molecular complexity index is 1380. The summed E-state index contributed by atoms with van der Waals surface area (Å²) in [7, 11) is 0. The number of hydrogen-bond donors (Lipinski definition) is 3. The van der Waals surface area contributed by atoms with Crippen LogP contribution in [0.2, 0.25) is 0 Å². The molecule has 7 heteroatoms. The van der Waals surface area contributed by atoms with Crippen LogP contribution >= 0.6 is 0 Å². The minimum Gasteiger partial charge on any atom is -0.368 e. The maximum atomic E-state index is 13.4. The molecule has 0 radical (unpaired) electrons. The molecule has 0 saturated heterocycles. The number of fused-ring (bicyclic) bond motifs is 2. The minimum atomic E-state index is -0.640. The van der Waals surface area contributed by atoms with Crippen LogP contribution in [0.4, 0.5) is 0 Å². The number of para-hydroxylation sites is 1. The highest BCUT2D eigenvalue weighted by atomic mass is 16.2. The van der Waals surface area contributed by atoms with E-state index in [-0.39, 0.29) is 19.0 Å². The van der Waals surface area contributed by atoms with Crippen molar-refractivity contribution in [1.29, 1.82) is 0 Å². The molecular weight excluding hydrogens is 416 g/mol. The first kappa shape index (κ1) is 20.5. The summed E-state index contributed by atoms with van der Waals surface area (Å²) < 4.78 is 0. The van der Waals surface area contributed by atoms with E-state index in [0.717, 1.165) is 33.3 Å². The van der Waals surface area contributed by atoms with Crippen LogP contribution in [-0.2, 0) is 9.59 Å². The molecule has 0 unspecified atom stereocenters. The SMILES string of the molecule is NC(=O)CNC(=O)CN1C(=O)c2ccccc2[C@H]1c1c(-c2ccccc2)[nH]c2ccccc12. The number of carbonyl (C=O) groups excluding carboxylic acids is 3. The third-order valence-electron chi connectivity index (χ3n) is 5.91. The molecular formula is C26H22N4O3. The summed E-state index contributed by atoms with van der Waals surface area (Å²) in [6.45, 7) is -0.472. The van der Waals surface area contributed by atoms with E-state index in [1.165, 1.54) is 0 Å². The zero-order valence-corrected chi connectivity index (χ0v) is 17.7. The summed E-state index contributed by atoms with van der Waals surface area (Å²) in [5, 5.41) is 3.47. The number of rotatable bonds is 6. The largest absolute Gasteiger partial charge is 0.368 e. The van der Waals surface area contributed by atoms with Gasteiger partial charge in [0.2, 0.25) is 11.8 Å². The summed E-state index contributed by atoms with van der Waals surface area (Å²) in [5.41, 5.74) is 10.3. The Balaban J connectivity index is 1.68. The maximum Gasteiger partial charge on any atom is 0.255 e. The number of hydrogen-bond acceptors (Lipinski definition) is 3. The van der Waals surface area contributed by atoms with Crippen molar-refractivity contribution in [2.75, 3.05) is 13.1 Å². The van der Waals surface area contributed by atoms with Gasteiger partial charge in [0, 0.05) is 22.0 Å². The van der Waals surface area contributed by atoms with Crippen molar-refractivity contribution >= 4 is 28.6 Å². The Morgan fingerprint density at radius 3 is 2.42 bits per heavy atom. The molecule has 0 saturated carbocycles. The van der Waals surface area contributed by atoms with Gasteiger partial charge in [-0.25, -0.2) is 0 Å². The topological polar surface area (TPSA) is 108 Å². The Morgan fingerprint density at radius 1 is 0.939 bits per heavy atom. The van der Waals surface area contributed by atoms with Crippen molar-refractivity contribution < 1.29 is 14.4 Å². The third-order valence-corrected chi connectivity index (χ3v) is 5.91. The van der Waals surface area contributed by atoms with E-state index in [1.54, 1.807) is 11.0 Å². The van der Waals surface area contributed by atoms with Gasteiger partial charge in [-0.2, -0.15) is 0 Å². The van der Waals surface area contributed by atoms with Crippen molar-refractivity contribution in [2.24, 2.45) is 5.73 Å². The van der Waals surface area contributed by atoms with E-state index in [1.807, 2.05) is 72.8 Å². The highest BCUT2D eigenvalue weighted by Crippen LogP contribution is 2.45. The first-order chi connectivity index (χ1) is 16.0. The van der Waals surface area contributed by atoms with Gasteiger partial charge in [0.1, 0.15) is 6.54 Å². The lowest BCUT2D eigenvalue weighted by molar-refractivity contribution is -0.125. The van der Waals surface area contributed by atoms with Crippen molar-refractivity contribution in [3.63, 3.8) is 0 Å². The molecule has 1 atom stereocenters. The molecule has 4 aromatic rings. The molecule has 5 rings (SSSR count). The summed E-state index contributed by atoms with van der Waals surface area (Å²) in [6, 6.07) is 24.8. The average molecular weight is 438 g/mol. The number of benzene rings is 3. The standard InChI is InChI=1S/C26H22N4O3/c27-21(31)14-28-22(32)15-30-25(17-10-4-5-11-18(17)26(30)33)23-19-12-6-7-13-20(19)29-24(23)16-8-2-1-3-9-16/h1-13,25,29H,14-15H2,(H2,27,31)(H,28,32)/t25-/m0/s1. The molecule has 0 spiro atoms. The molecule has 0 aliphatic carbocycles. The number of aromatic amines is 1. The Morgan fingerprint density at radius 2 is 1.64 bits per heavy atom. The van der Waals surface area contributed by atoms with Crippen LogP contribution in [-0.4, -0.2) is 40.7 Å². The second-order valence-electron chi connectivity index (χ2n) is 7.99. The van der Waals surface area contributed by atoms with E-state index in [4.69, 9.17) is 5.73 Å². The molecule has 33 heavy (non-hydrogen) atoms. The number of H-pyrrole nitrogens is 1. The zero-order chi connectivity index (χ0) is 22.9. The van der Waals surface area contributed by atoms with E-state index in [2.05, 4.69) is 10.3 Å². The monoisotopic (exact) mass is 438 g/mol. The molecule has 3 amide bonds. The Hall–Kier alpha value is -4.39. The van der Waals surface area contributed by atoms with E-state index >= 15 is 0 Å². The molecule has 4 N–H and O–H groups in total. The smallest absolute Gasteiger partial charge is 0.255 e. The molecule has 1 aromatic heterocycles. The van der Waals surface area contributed by atoms with Crippen LogP contribution in [0.5, 0.6) is 0 Å². The lowest BCUT2D eigenvalue weighted by Gasteiger charge is -2.26. The van der Waals surface area contributed by atoms with Crippen LogP contribution < -0.4 is 11.1 Å². The van der Waals surface area contributed by atoms with Crippen LogP contribution in [0.3, 0.4) is 0 Å². The van der Waals surface area contributed by atoms with Crippen molar-refractivity contribution in [1.82, 2.24) is 15.2 Å². The number of nitrogens with zero attached hydrogens (tertiary/aromatic N) is 1. The highest BCUT2D eigenvalue weighted by Gasteiger charge is 2.40. The maximum absolute atomic E-state index is 13.4. The van der Waals surface area contributed by atoms with Crippen LogP contribution in [0.1, 0.15) is 27.5 Å². The van der Waals surface area contributed by atoms with E-state index in [9.17, 15) is 14.4 Å². The summed E-state index contributed by atoms with van der Waals surface area (Å²) >= 11 is 0. The van der Waals surface area contributed by atoms with Gasteiger partial charge in [-0.1, -0.05) is 66.7 Å². The predicted octanol–water partition coefficient (Wildman–Crippen LogP) is 2.98. The van der Waals surface area contributed by atoms with Crippen molar-refractivity contribution in [3.05, 3.63) is 95.6 Å². The van der Waals surface area contributed by atoms with Crippen LogP contribution in [0.25, 0.3) is 22.2 Å². The summed E-state index contributed by atoms with van der Waals surface area (Å²) in [6.07, 6.45) is 0. The number of nitrogens with two attached hydrogens (primary N) is 1. The van der Waals surface area contributed by atoms with Gasteiger partial charge in [-0.15, -0.1) is 0 Å². The van der Waals surface area contributed by atoms with Crippen LogP contribution in [0.15, 0.2) is 78.9 Å². The number of amides is 3. The van der Waals surface area contributed by atoms with Gasteiger partial charge in [0.15, 0.2) is 0 Å². The molecule has 164 valence electrons. The Kier molecular flexibility index (Phi) is 5.14. The average Bonchev–Trinajstić information content (AvgIpc) is 3.34. The van der Waals surface area contributed by atoms with Gasteiger partial charge in [0.25, 0.3) is 5.91 Å². The molecule has 1 aliphatic heterocycles. The quantitative estimate of drug-likeness (QED) is 0.431. The van der Waals surface area contributed by atoms with E-state index in [0.29, 0.717) is 5.56 Å². The number of primary amides is 1. The van der Waals surface area contributed by atoms with Crippen LogP contribution in [0, 0.1) is 0 Å². The van der Waals surface area contributed by atoms with Crippen molar-refractivity contribution in [3.8, 4) is 11.3 Å². The number of carbonyl (C=O) groups is 3. The molecule has 0 bridgehead atoms.